The first-order valence-electron chi connectivity index (χ1n) is 17.3. The molecule has 2 aromatic rings. The van der Waals surface area contributed by atoms with Crippen molar-refractivity contribution < 1.29 is 23.9 Å². The maximum Gasteiger partial charge on any atom is 0.243 e. The molecule has 2 bridgehead atoms. The largest absolute Gasteiger partial charge is 0.361 e. The zero-order chi connectivity index (χ0) is 34.3. The molecule has 5 rings (SSSR count). The highest BCUT2D eigenvalue weighted by Crippen LogP contribution is 2.50. The summed E-state index contributed by atoms with van der Waals surface area (Å²) in [6.45, 7) is 6.00. The number of Topliss-reactive ketones (excluding diaryl/α,β-unsaturated/α-hetero) is 1. The molecule has 3 N–H and O–H groups in total. The molecule has 2 aromatic carbocycles. The third-order valence-corrected chi connectivity index (χ3v) is 10.2. The highest BCUT2D eigenvalue weighted by Gasteiger charge is 2.50. The molecular weight excluding hydrogens is 608 g/mol. The minimum absolute atomic E-state index is 0.130. The van der Waals surface area contributed by atoms with E-state index in [2.05, 4.69) is 26.0 Å². The molecule has 3 fully saturated rings. The van der Waals surface area contributed by atoms with Crippen molar-refractivity contribution in [3.63, 3.8) is 0 Å². The van der Waals surface area contributed by atoms with Gasteiger partial charge in [-0.15, -0.1) is 0 Å². The maximum atomic E-state index is 14.2. The van der Waals surface area contributed by atoms with Gasteiger partial charge in [0.25, 0.3) is 0 Å². The van der Waals surface area contributed by atoms with Gasteiger partial charge in [0.05, 0.1) is 12.6 Å². The van der Waals surface area contributed by atoms with E-state index in [1.54, 1.807) is 6.92 Å². The zero-order valence-corrected chi connectivity index (χ0v) is 28.1. The van der Waals surface area contributed by atoms with E-state index in [-0.39, 0.29) is 30.5 Å². The highest BCUT2D eigenvalue weighted by molar-refractivity contribution is 5.98. The standard InChI is InChI=1S/C37H48N6O5/c1-23(2)16-29(33(44)37(3)22-48-37)39-34(45)30(19-24-10-6-4-7-11-24)40-35(46)31(21-28-18-26-14-15-27(28)17-26)41-36(47)32(42-43-38)20-25-12-8-5-9-13-25/h4-13,23,26-32H,14-22H2,1-3H3,(H,39,45)(H,40,46)(H,41,47)/t26?,27?,28?,29-,30-,31-,32-,37+/m0/s1. The van der Waals surface area contributed by atoms with Crippen molar-refractivity contribution in [1.29, 1.82) is 0 Å². The number of azide groups is 1. The van der Waals surface area contributed by atoms with Crippen LogP contribution in [-0.4, -0.2) is 59.9 Å². The topological polar surface area (TPSA) is 166 Å². The second-order valence-corrected chi connectivity index (χ2v) is 14.5. The van der Waals surface area contributed by atoms with Gasteiger partial charge in [0.1, 0.15) is 23.7 Å². The number of carbonyl (C=O) groups excluding carboxylic acids is 4. The molecule has 8 atom stereocenters. The summed E-state index contributed by atoms with van der Waals surface area (Å²) in [5.74, 6) is -0.148. The van der Waals surface area contributed by atoms with Gasteiger partial charge in [0.15, 0.2) is 5.78 Å². The average molecular weight is 657 g/mol. The van der Waals surface area contributed by atoms with Crippen LogP contribution in [0.5, 0.6) is 0 Å². The molecule has 0 radical (unpaired) electrons. The van der Waals surface area contributed by atoms with E-state index in [4.69, 9.17) is 4.74 Å². The van der Waals surface area contributed by atoms with Crippen LogP contribution in [0.4, 0.5) is 0 Å². The molecule has 11 heteroatoms. The summed E-state index contributed by atoms with van der Waals surface area (Å²) in [7, 11) is 0. The number of epoxide rings is 1. The first-order valence-corrected chi connectivity index (χ1v) is 17.3. The summed E-state index contributed by atoms with van der Waals surface area (Å²) in [5, 5.41) is 12.6. The van der Waals surface area contributed by atoms with Crippen molar-refractivity contribution in [2.45, 2.75) is 102 Å². The number of nitrogens with zero attached hydrogens (tertiary/aromatic N) is 3. The number of hydrogen-bond donors (Lipinski definition) is 3. The van der Waals surface area contributed by atoms with Gasteiger partial charge in [-0.3, -0.25) is 19.2 Å². The number of rotatable bonds is 17. The number of benzene rings is 2. The molecular formula is C37H48N6O5. The molecule has 3 amide bonds. The third kappa shape index (κ3) is 9.23. The van der Waals surface area contributed by atoms with Crippen molar-refractivity contribution in [3.8, 4) is 0 Å². The Morgan fingerprint density at radius 3 is 1.98 bits per heavy atom. The lowest BCUT2D eigenvalue weighted by Crippen LogP contribution is -2.58. The van der Waals surface area contributed by atoms with Gasteiger partial charge in [-0.2, -0.15) is 0 Å². The van der Waals surface area contributed by atoms with Crippen LogP contribution < -0.4 is 16.0 Å². The van der Waals surface area contributed by atoms with Gasteiger partial charge >= 0.3 is 0 Å². The number of ketones is 1. The molecule has 3 unspecified atom stereocenters. The van der Waals surface area contributed by atoms with Crippen LogP contribution in [0.1, 0.15) is 70.4 Å². The number of carbonyl (C=O) groups is 4. The zero-order valence-electron chi connectivity index (χ0n) is 28.1. The summed E-state index contributed by atoms with van der Waals surface area (Å²) < 4.78 is 5.41. The van der Waals surface area contributed by atoms with Gasteiger partial charge in [-0.25, -0.2) is 0 Å². The summed E-state index contributed by atoms with van der Waals surface area (Å²) in [6, 6.07) is 14.9. The Balaban J connectivity index is 1.36. The maximum absolute atomic E-state index is 14.2. The van der Waals surface area contributed by atoms with Crippen LogP contribution in [0.15, 0.2) is 65.8 Å². The second-order valence-electron chi connectivity index (χ2n) is 14.5. The van der Waals surface area contributed by atoms with Crippen molar-refractivity contribution in [3.05, 3.63) is 82.2 Å². The minimum Gasteiger partial charge on any atom is -0.361 e. The first-order chi connectivity index (χ1) is 23.0. The highest BCUT2D eigenvalue weighted by atomic mass is 16.6. The smallest absolute Gasteiger partial charge is 0.243 e. The van der Waals surface area contributed by atoms with E-state index in [1.807, 2.05) is 74.5 Å². The van der Waals surface area contributed by atoms with Crippen molar-refractivity contribution in [2.24, 2.45) is 28.8 Å². The normalized spacial score (nSPS) is 24.9. The molecule has 256 valence electrons. The van der Waals surface area contributed by atoms with Crippen LogP contribution in [0.3, 0.4) is 0 Å². The molecule has 11 nitrogen and oxygen atoms in total. The first kappa shape index (κ1) is 35.1. The van der Waals surface area contributed by atoms with E-state index >= 15 is 0 Å². The van der Waals surface area contributed by atoms with Crippen molar-refractivity contribution in [1.82, 2.24) is 16.0 Å². The fourth-order valence-corrected chi connectivity index (χ4v) is 7.48. The van der Waals surface area contributed by atoms with E-state index in [1.165, 1.54) is 6.42 Å². The lowest BCUT2D eigenvalue weighted by Gasteiger charge is -2.29. The Morgan fingerprint density at radius 1 is 0.854 bits per heavy atom. The predicted octanol–water partition coefficient (Wildman–Crippen LogP) is 4.84. The van der Waals surface area contributed by atoms with Gasteiger partial charge in [0.2, 0.25) is 17.7 Å². The van der Waals surface area contributed by atoms with E-state index in [0.717, 1.165) is 30.4 Å². The molecule has 0 aromatic heterocycles. The quantitative estimate of drug-likeness (QED) is 0.0958. The van der Waals surface area contributed by atoms with Gasteiger partial charge in [-0.05, 0) is 85.8 Å². The van der Waals surface area contributed by atoms with Crippen LogP contribution in [0.2, 0.25) is 0 Å². The minimum atomic E-state index is -1.05. The lowest BCUT2D eigenvalue weighted by atomic mass is 9.84. The third-order valence-electron chi connectivity index (χ3n) is 10.2. The molecule has 1 aliphatic heterocycles. The molecule has 2 aliphatic carbocycles. The van der Waals surface area contributed by atoms with E-state index in [0.29, 0.717) is 31.3 Å². The van der Waals surface area contributed by atoms with Gasteiger partial charge < -0.3 is 20.7 Å². The molecule has 1 saturated heterocycles. The monoisotopic (exact) mass is 656 g/mol. The summed E-state index contributed by atoms with van der Waals surface area (Å²) in [6.07, 6.45) is 5.68. The Hall–Kier alpha value is -4.21. The fourth-order valence-electron chi connectivity index (χ4n) is 7.48. The number of fused-ring (bicyclic) bond motifs is 2. The van der Waals surface area contributed by atoms with Crippen molar-refractivity contribution >= 4 is 23.5 Å². The molecule has 2 saturated carbocycles. The molecule has 3 aliphatic rings. The Kier molecular flexibility index (Phi) is 11.5. The Morgan fingerprint density at radius 2 is 1.44 bits per heavy atom. The SMILES string of the molecule is CC(C)C[C@H](NC(=O)[C@H](Cc1ccccc1)NC(=O)[C@H](CC1CC2CCC1C2)NC(=O)[C@H](Cc1ccccc1)N=[N+]=[N-])C(=O)[C@@]1(C)CO1. The van der Waals surface area contributed by atoms with Crippen LogP contribution in [0, 0.1) is 23.7 Å². The lowest BCUT2D eigenvalue weighted by molar-refractivity contribution is -0.134. The Labute approximate surface area is 282 Å². The van der Waals surface area contributed by atoms with E-state index in [9.17, 15) is 24.7 Å². The molecule has 0 spiro atoms. The fraction of sp³-hybridized carbons (Fsp3) is 0.568. The molecule has 48 heavy (non-hydrogen) atoms. The summed E-state index contributed by atoms with van der Waals surface area (Å²) >= 11 is 0. The predicted molar refractivity (Wildman–Crippen MR) is 181 cm³/mol. The summed E-state index contributed by atoms with van der Waals surface area (Å²) in [4.78, 5) is 58.0. The van der Waals surface area contributed by atoms with Crippen LogP contribution >= 0.6 is 0 Å². The summed E-state index contributed by atoms with van der Waals surface area (Å²) in [5.41, 5.74) is 10.0. The van der Waals surface area contributed by atoms with Gasteiger partial charge in [0, 0.05) is 11.3 Å². The van der Waals surface area contributed by atoms with E-state index < -0.39 is 47.5 Å². The van der Waals surface area contributed by atoms with Crippen molar-refractivity contribution in [2.75, 3.05) is 6.61 Å². The number of ether oxygens (including phenoxy) is 1. The number of amides is 3. The number of hydrogen-bond acceptors (Lipinski definition) is 6. The Bertz CT molecular complexity index is 1490. The second kappa shape index (κ2) is 15.8. The average Bonchev–Trinajstić information content (AvgIpc) is 3.47. The van der Waals surface area contributed by atoms with Crippen LogP contribution in [0.25, 0.3) is 10.4 Å². The van der Waals surface area contributed by atoms with Crippen LogP contribution in [-0.2, 0) is 36.8 Å². The van der Waals surface area contributed by atoms with Gasteiger partial charge in [-0.1, -0.05) is 86.0 Å². The molecule has 1 heterocycles. The number of nitrogens with one attached hydrogen (secondary N) is 3.